The van der Waals surface area contributed by atoms with Gasteiger partial charge in [-0.2, -0.15) is 0 Å². The Morgan fingerprint density at radius 3 is 2.71 bits per heavy atom. The zero-order valence-corrected chi connectivity index (χ0v) is 13.4. The average molecular weight is 327 g/mol. The van der Waals surface area contributed by atoms with Crippen LogP contribution in [0.3, 0.4) is 0 Å². The maximum atomic E-state index is 12.4. The van der Waals surface area contributed by atoms with Crippen molar-refractivity contribution in [3.63, 3.8) is 0 Å². The number of aromatic nitrogens is 1. The van der Waals surface area contributed by atoms with Crippen LogP contribution in [0.1, 0.15) is 11.3 Å². The Morgan fingerprint density at radius 1 is 1.38 bits per heavy atom. The first-order valence-corrected chi connectivity index (χ1v) is 8.56. The first-order chi connectivity index (χ1) is 9.94. The molecule has 0 aliphatic carbocycles. The fourth-order valence-electron chi connectivity index (χ4n) is 1.89. The molecule has 0 fully saturated rings. The molecule has 0 aliphatic rings. The molecule has 0 radical (unpaired) electrons. The molecule has 0 saturated carbocycles. The number of hydrogen-bond donors (Lipinski definition) is 2. The van der Waals surface area contributed by atoms with Crippen LogP contribution in [0.25, 0.3) is 0 Å². The fraction of sp³-hybridized carbons (Fsp3) is 0.308. The topological polar surface area (TPSA) is 94.3 Å². The van der Waals surface area contributed by atoms with Gasteiger partial charge < -0.3 is 10.5 Å². The Kier molecular flexibility index (Phi) is 4.81. The van der Waals surface area contributed by atoms with Gasteiger partial charge in [0.05, 0.1) is 18.0 Å². The number of nitrogens with zero attached hydrogens (tertiary/aromatic N) is 1. The molecule has 1 heterocycles. The summed E-state index contributed by atoms with van der Waals surface area (Å²) in [5.74, 6) is 0. The minimum Gasteiger partial charge on any atom is -0.384 e. The maximum Gasteiger partial charge on any atom is 0.273 e. The molecule has 6 nitrogen and oxygen atoms in total. The molecular weight excluding hydrogens is 310 g/mol. The van der Waals surface area contributed by atoms with Crippen molar-refractivity contribution < 1.29 is 13.2 Å². The van der Waals surface area contributed by atoms with Crippen molar-refractivity contribution in [2.24, 2.45) is 0 Å². The van der Waals surface area contributed by atoms with Gasteiger partial charge in [-0.1, -0.05) is 29.5 Å². The van der Waals surface area contributed by atoms with Gasteiger partial charge in [-0.3, -0.25) is 4.72 Å². The lowest BCUT2D eigenvalue weighted by molar-refractivity contribution is 0.202. The number of para-hydroxylation sites is 1. The van der Waals surface area contributed by atoms with E-state index < -0.39 is 10.0 Å². The maximum absolute atomic E-state index is 12.4. The van der Waals surface area contributed by atoms with Crippen LogP contribution >= 0.6 is 11.3 Å². The third kappa shape index (κ3) is 3.72. The number of sulfonamides is 1. The van der Waals surface area contributed by atoms with E-state index in [-0.39, 0.29) is 9.34 Å². The molecule has 0 bridgehead atoms. The SMILES string of the molecule is COCCc1ccccc1NS(=O)(=O)c1sc(N)nc1C. The third-order valence-corrected chi connectivity index (χ3v) is 5.81. The number of nitrogens with one attached hydrogen (secondary N) is 1. The van der Waals surface area contributed by atoms with E-state index in [0.717, 1.165) is 16.9 Å². The van der Waals surface area contributed by atoms with Gasteiger partial charge >= 0.3 is 0 Å². The van der Waals surface area contributed by atoms with Gasteiger partial charge in [-0.15, -0.1) is 0 Å². The molecule has 3 N–H and O–H groups in total. The highest BCUT2D eigenvalue weighted by Crippen LogP contribution is 2.28. The van der Waals surface area contributed by atoms with Crippen molar-refractivity contribution in [1.82, 2.24) is 4.98 Å². The molecular formula is C13H17N3O3S2. The van der Waals surface area contributed by atoms with Crippen molar-refractivity contribution >= 4 is 32.2 Å². The van der Waals surface area contributed by atoms with Gasteiger partial charge in [0.25, 0.3) is 10.0 Å². The van der Waals surface area contributed by atoms with E-state index >= 15 is 0 Å². The van der Waals surface area contributed by atoms with Crippen molar-refractivity contribution in [3.05, 3.63) is 35.5 Å². The van der Waals surface area contributed by atoms with E-state index in [1.807, 2.05) is 12.1 Å². The third-order valence-electron chi connectivity index (χ3n) is 2.85. The molecule has 8 heteroatoms. The van der Waals surface area contributed by atoms with E-state index in [1.165, 1.54) is 0 Å². The average Bonchev–Trinajstić information content (AvgIpc) is 2.77. The van der Waals surface area contributed by atoms with E-state index in [0.29, 0.717) is 24.4 Å². The van der Waals surface area contributed by atoms with Crippen LogP contribution in [0.5, 0.6) is 0 Å². The van der Waals surface area contributed by atoms with Crippen LogP contribution in [0.4, 0.5) is 10.8 Å². The second-order valence-electron chi connectivity index (χ2n) is 4.43. The summed E-state index contributed by atoms with van der Waals surface area (Å²) in [6.45, 7) is 2.14. The van der Waals surface area contributed by atoms with Crippen LogP contribution in [-0.4, -0.2) is 27.1 Å². The fourth-order valence-corrected chi connectivity index (χ4v) is 4.29. The summed E-state index contributed by atoms with van der Waals surface area (Å²) in [6, 6.07) is 7.23. The Morgan fingerprint density at radius 2 is 2.10 bits per heavy atom. The molecule has 0 amide bonds. The number of nitrogens with two attached hydrogens (primary N) is 1. The number of thiazole rings is 1. The van der Waals surface area contributed by atoms with Crippen molar-refractivity contribution in [2.75, 3.05) is 24.2 Å². The summed E-state index contributed by atoms with van der Waals surface area (Å²) in [4.78, 5) is 3.95. The summed E-state index contributed by atoms with van der Waals surface area (Å²) in [5, 5.41) is 0.237. The number of benzene rings is 1. The van der Waals surface area contributed by atoms with Crippen LogP contribution in [0.2, 0.25) is 0 Å². The summed E-state index contributed by atoms with van der Waals surface area (Å²) in [5.41, 5.74) is 7.38. The lowest BCUT2D eigenvalue weighted by Gasteiger charge is -2.11. The van der Waals surface area contributed by atoms with Crippen LogP contribution in [-0.2, 0) is 21.2 Å². The highest BCUT2D eigenvalue weighted by molar-refractivity contribution is 7.94. The molecule has 0 atom stereocenters. The summed E-state index contributed by atoms with van der Waals surface area (Å²) in [7, 11) is -2.08. The molecule has 1 aromatic carbocycles. The minimum absolute atomic E-state index is 0.140. The summed E-state index contributed by atoms with van der Waals surface area (Å²) in [6.07, 6.45) is 0.624. The molecule has 0 aliphatic heterocycles. The Balaban J connectivity index is 2.31. The summed E-state index contributed by atoms with van der Waals surface area (Å²) >= 11 is 0.956. The monoisotopic (exact) mass is 327 g/mol. The number of anilines is 2. The molecule has 2 aromatic rings. The van der Waals surface area contributed by atoms with Gasteiger partial charge in [0, 0.05) is 7.11 Å². The van der Waals surface area contributed by atoms with E-state index in [2.05, 4.69) is 9.71 Å². The quantitative estimate of drug-likeness (QED) is 0.846. The second-order valence-corrected chi connectivity index (χ2v) is 7.34. The second kappa shape index (κ2) is 6.42. The smallest absolute Gasteiger partial charge is 0.273 e. The van der Waals surface area contributed by atoms with E-state index in [9.17, 15) is 8.42 Å². The van der Waals surface area contributed by atoms with Gasteiger partial charge in [0.1, 0.15) is 0 Å². The van der Waals surface area contributed by atoms with E-state index in [1.54, 1.807) is 26.2 Å². The normalized spacial score (nSPS) is 11.5. The molecule has 0 saturated heterocycles. The lowest BCUT2D eigenvalue weighted by atomic mass is 10.1. The number of nitrogen functional groups attached to an aromatic ring is 1. The largest absolute Gasteiger partial charge is 0.384 e. The lowest BCUT2D eigenvalue weighted by Crippen LogP contribution is -2.14. The first kappa shape index (κ1) is 15.7. The molecule has 0 unspecified atom stereocenters. The zero-order valence-electron chi connectivity index (χ0n) is 11.8. The van der Waals surface area contributed by atoms with Crippen LogP contribution in [0, 0.1) is 6.92 Å². The number of aryl methyl sites for hydroxylation is 1. The highest BCUT2D eigenvalue weighted by Gasteiger charge is 2.22. The predicted molar refractivity (Wildman–Crippen MR) is 84.1 cm³/mol. The number of hydrogen-bond acceptors (Lipinski definition) is 6. The first-order valence-electron chi connectivity index (χ1n) is 6.26. The van der Waals surface area contributed by atoms with Gasteiger partial charge in [0.15, 0.2) is 9.34 Å². The minimum atomic E-state index is -3.69. The van der Waals surface area contributed by atoms with Gasteiger partial charge in [-0.05, 0) is 25.0 Å². The standard InChI is InChI=1S/C13H17N3O3S2/c1-9-12(20-13(14)15-9)21(17,18)16-11-6-4-3-5-10(11)7-8-19-2/h3-6,16H,7-8H2,1-2H3,(H2,14,15). The molecule has 0 spiro atoms. The molecule has 2 rings (SSSR count). The van der Waals surface area contributed by atoms with Crippen molar-refractivity contribution in [1.29, 1.82) is 0 Å². The van der Waals surface area contributed by atoms with Crippen LogP contribution in [0.15, 0.2) is 28.5 Å². The Labute approximate surface area is 128 Å². The van der Waals surface area contributed by atoms with E-state index in [4.69, 9.17) is 10.5 Å². The number of rotatable bonds is 6. The Bertz CT molecular complexity index is 726. The van der Waals surface area contributed by atoms with Gasteiger partial charge in [0.2, 0.25) is 0 Å². The van der Waals surface area contributed by atoms with Crippen molar-refractivity contribution in [2.45, 2.75) is 17.6 Å². The number of ether oxygens (including phenoxy) is 1. The molecule has 1 aromatic heterocycles. The zero-order chi connectivity index (χ0) is 15.5. The van der Waals surface area contributed by atoms with Gasteiger partial charge in [-0.25, -0.2) is 13.4 Å². The predicted octanol–water partition coefficient (Wildman–Crippen LogP) is 2.02. The molecule has 21 heavy (non-hydrogen) atoms. The number of methoxy groups -OCH3 is 1. The Hall–Kier alpha value is -1.64. The van der Waals surface area contributed by atoms with Crippen LogP contribution < -0.4 is 10.5 Å². The highest BCUT2D eigenvalue weighted by atomic mass is 32.2. The van der Waals surface area contributed by atoms with Crippen molar-refractivity contribution in [3.8, 4) is 0 Å². The summed E-state index contributed by atoms with van der Waals surface area (Å²) < 4.78 is 32.6. The molecule has 114 valence electrons.